The summed E-state index contributed by atoms with van der Waals surface area (Å²) in [7, 11) is 0. The molecule has 0 saturated carbocycles. The van der Waals surface area contributed by atoms with Gasteiger partial charge in [0.2, 0.25) is 0 Å². The molecular weight excluding hydrogens is 759 g/mol. The quantitative estimate of drug-likeness (QED) is 0.0469. The molecule has 0 aromatic heterocycles. The number of carbonyl (C=O) groups is 2. The van der Waals surface area contributed by atoms with E-state index in [2.05, 4.69) is 32.6 Å². The number of rotatable bonds is 48. The summed E-state index contributed by atoms with van der Waals surface area (Å²) in [5.41, 5.74) is 0. The molecule has 0 radical (unpaired) electrons. The smallest absolute Gasteiger partial charge is 0.434 e. The lowest BCUT2D eigenvalue weighted by atomic mass is 9.95. The third kappa shape index (κ3) is 43.0. The summed E-state index contributed by atoms with van der Waals surface area (Å²) >= 11 is 0. The van der Waals surface area contributed by atoms with Gasteiger partial charge in [0.25, 0.3) is 0 Å². The van der Waals surface area contributed by atoms with Crippen molar-refractivity contribution >= 4 is 12.3 Å². The number of aliphatic hydroxyl groups is 1. The Morgan fingerprint density at radius 2 is 0.733 bits per heavy atom. The van der Waals surface area contributed by atoms with Crippen LogP contribution in [-0.4, -0.2) is 101 Å². The molecule has 0 aromatic rings. The second kappa shape index (κ2) is 48.4. The molecule has 358 valence electrons. The molecule has 0 aliphatic rings. The van der Waals surface area contributed by atoms with Crippen molar-refractivity contribution < 1.29 is 43.1 Å². The van der Waals surface area contributed by atoms with E-state index in [1.165, 1.54) is 128 Å². The topological polar surface area (TPSA) is 113 Å². The van der Waals surface area contributed by atoms with E-state index in [4.69, 9.17) is 33.5 Å². The van der Waals surface area contributed by atoms with Gasteiger partial charge in [-0.2, -0.15) is 0 Å². The zero-order valence-electron chi connectivity index (χ0n) is 40.0. The van der Waals surface area contributed by atoms with Crippen molar-refractivity contribution in [2.24, 2.45) is 11.8 Å². The first-order chi connectivity index (χ1) is 29.5. The summed E-state index contributed by atoms with van der Waals surface area (Å²) in [6.45, 7) is 15.3. The van der Waals surface area contributed by atoms with E-state index in [1.807, 2.05) is 0 Å². The van der Waals surface area contributed by atoms with Crippen LogP contribution in [0.1, 0.15) is 220 Å². The molecule has 2 atom stereocenters. The lowest BCUT2D eigenvalue weighted by Gasteiger charge is -2.22. The average molecular weight is 858 g/mol. The maximum Gasteiger partial charge on any atom is 0.508 e. The van der Waals surface area contributed by atoms with E-state index in [1.54, 1.807) is 0 Å². The fraction of sp³-hybridized carbons (Fsp3) is 0.960. The van der Waals surface area contributed by atoms with Gasteiger partial charge in [-0.25, -0.2) is 9.59 Å². The molecule has 0 aliphatic carbocycles. The first-order valence-electron chi connectivity index (χ1n) is 25.6. The fourth-order valence-electron chi connectivity index (χ4n) is 7.68. The summed E-state index contributed by atoms with van der Waals surface area (Å²) in [6.07, 6.45) is 34.4. The Balaban J connectivity index is 4.51. The van der Waals surface area contributed by atoms with Crippen molar-refractivity contribution in [3.8, 4) is 0 Å². The molecule has 0 bridgehead atoms. The molecule has 0 aromatic carbocycles. The van der Waals surface area contributed by atoms with Crippen LogP contribution >= 0.6 is 0 Å². The van der Waals surface area contributed by atoms with Gasteiger partial charge in [0.1, 0.15) is 0 Å². The molecule has 0 spiro atoms. The third-order valence-corrected chi connectivity index (χ3v) is 11.6. The normalized spacial score (nSPS) is 12.5. The number of nitrogens with zero attached hydrogens (tertiary/aromatic N) is 1. The largest absolute Gasteiger partial charge is 0.508 e. The average Bonchev–Trinajstić information content (AvgIpc) is 3.25. The van der Waals surface area contributed by atoms with Gasteiger partial charge < -0.3 is 38.4 Å². The van der Waals surface area contributed by atoms with Crippen molar-refractivity contribution in [1.29, 1.82) is 0 Å². The van der Waals surface area contributed by atoms with Gasteiger partial charge in [-0.3, -0.25) is 0 Å². The number of unbranched alkanes of at least 4 members (excludes halogenated alkanes) is 20. The highest BCUT2D eigenvalue weighted by Crippen LogP contribution is 2.21. The van der Waals surface area contributed by atoms with Gasteiger partial charge in [0.15, 0.2) is 0 Å². The van der Waals surface area contributed by atoms with E-state index < -0.39 is 12.3 Å². The van der Waals surface area contributed by atoms with Crippen LogP contribution in [0, 0.1) is 11.8 Å². The lowest BCUT2D eigenvalue weighted by Crippen LogP contribution is -2.30. The minimum atomic E-state index is -0.527. The molecule has 0 rings (SSSR count). The lowest BCUT2D eigenvalue weighted by molar-refractivity contribution is 0.0259. The molecule has 0 heterocycles. The van der Waals surface area contributed by atoms with E-state index in [-0.39, 0.29) is 6.61 Å². The van der Waals surface area contributed by atoms with E-state index in [9.17, 15) is 9.59 Å². The Morgan fingerprint density at radius 3 is 1.13 bits per heavy atom. The van der Waals surface area contributed by atoms with Gasteiger partial charge in [-0.05, 0) is 89.1 Å². The standard InChI is InChI=1S/C50H99NO9/c1-5-9-13-17-19-25-33-47(31-23-15-11-7-3)45-59-49(53)57-39-29-21-27-35-51(37-41-55-43-44-56-42-38-52)36-28-22-30-40-58-50(54)60-46-48(32-24-16-12-8-4)34-26-20-18-14-10-6-2/h47-48,52H,5-46H2,1-4H3. The number of hydrogen-bond donors (Lipinski definition) is 1. The van der Waals surface area contributed by atoms with Gasteiger partial charge in [-0.1, -0.05) is 156 Å². The maximum absolute atomic E-state index is 12.4. The van der Waals surface area contributed by atoms with Crippen LogP contribution in [0.15, 0.2) is 0 Å². The van der Waals surface area contributed by atoms with Crippen LogP contribution in [0.2, 0.25) is 0 Å². The fourth-order valence-corrected chi connectivity index (χ4v) is 7.68. The van der Waals surface area contributed by atoms with Gasteiger partial charge >= 0.3 is 12.3 Å². The summed E-state index contributed by atoms with van der Waals surface area (Å²) < 4.78 is 33.2. The van der Waals surface area contributed by atoms with Crippen molar-refractivity contribution in [3.63, 3.8) is 0 Å². The first kappa shape index (κ1) is 58.4. The van der Waals surface area contributed by atoms with Crippen molar-refractivity contribution in [3.05, 3.63) is 0 Å². The maximum atomic E-state index is 12.4. The zero-order valence-corrected chi connectivity index (χ0v) is 40.0. The minimum absolute atomic E-state index is 0.0180. The monoisotopic (exact) mass is 858 g/mol. The highest BCUT2D eigenvalue weighted by molar-refractivity contribution is 5.60. The summed E-state index contributed by atoms with van der Waals surface area (Å²) in [4.78, 5) is 27.3. The Hall–Kier alpha value is -1.62. The van der Waals surface area contributed by atoms with Gasteiger partial charge in [-0.15, -0.1) is 0 Å². The van der Waals surface area contributed by atoms with Crippen LogP contribution in [0.5, 0.6) is 0 Å². The van der Waals surface area contributed by atoms with Crippen LogP contribution in [0.3, 0.4) is 0 Å². The highest BCUT2D eigenvalue weighted by Gasteiger charge is 2.15. The Morgan fingerprint density at radius 1 is 0.383 bits per heavy atom. The molecular formula is C50H99NO9. The zero-order chi connectivity index (χ0) is 43.8. The molecule has 0 saturated heterocycles. The van der Waals surface area contributed by atoms with E-state index in [0.717, 1.165) is 83.8 Å². The summed E-state index contributed by atoms with van der Waals surface area (Å²) in [6, 6.07) is 0. The number of carbonyl (C=O) groups excluding carboxylic acids is 2. The van der Waals surface area contributed by atoms with Crippen molar-refractivity contribution in [2.45, 2.75) is 220 Å². The Kier molecular flexibility index (Phi) is 47.1. The highest BCUT2D eigenvalue weighted by atomic mass is 16.7. The Bertz CT molecular complexity index is 819. The summed E-state index contributed by atoms with van der Waals surface area (Å²) in [5, 5.41) is 8.91. The predicted octanol–water partition coefficient (Wildman–Crippen LogP) is 13.6. The Labute approximate surface area is 370 Å². The van der Waals surface area contributed by atoms with Crippen LogP contribution < -0.4 is 0 Å². The van der Waals surface area contributed by atoms with Gasteiger partial charge in [0.05, 0.1) is 59.5 Å². The molecule has 10 heteroatoms. The minimum Gasteiger partial charge on any atom is -0.434 e. The molecule has 60 heavy (non-hydrogen) atoms. The van der Waals surface area contributed by atoms with E-state index >= 15 is 0 Å². The molecule has 0 fully saturated rings. The number of hydrogen-bond acceptors (Lipinski definition) is 10. The van der Waals surface area contributed by atoms with Crippen LogP contribution in [0.4, 0.5) is 9.59 Å². The molecule has 10 nitrogen and oxygen atoms in total. The SMILES string of the molecule is CCCCCCCCC(CCCCCC)COC(=O)OCCCCCN(CCCCCOC(=O)OCC(CCCCCC)CCCCCCCC)CCOCCOCCO. The van der Waals surface area contributed by atoms with Crippen molar-refractivity contribution in [1.82, 2.24) is 4.90 Å². The second-order valence-electron chi connectivity index (χ2n) is 17.3. The van der Waals surface area contributed by atoms with E-state index in [0.29, 0.717) is 64.7 Å². The molecule has 0 amide bonds. The van der Waals surface area contributed by atoms with Crippen molar-refractivity contribution in [2.75, 3.05) is 79.1 Å². The predicted molar refractivity (Wildman–Crippen MR) is 248 cm³/mol. The second-order valence-corrected chi connectivity index (χ2v) is 17.3. The summed E-state index contributed by atoms with van der Waals surface area (Å²) in [5.74, 6) is 0.861. The number of ether oxygens (including phenoxy) is 6. The van der Waals surface area contributed by atoms with Gasteiger partial charge in [0, 0.05) is 6.54 Å². The molecule has 1 N–H and O–H groups in total. The molecule has 2 unspecified atom stereocenters. The number of aliphatic hydroxyl groups excluding tert-OH is 1. The third-order valence-electron chi connectivity index (χ3n) is 11.6. The van der Waals surface area contributed by atoms with Crippen LogP contribution in [-0.2, 0) is 28.4 Å². The first-order valence-corrected chi connectivity index (χ1v) is 25.6. The van der Waals surface area contributed by atoms with Crippen LogP contribution in [0.25, 0.3) is 0 Å². The molecule has 0 aliphatic heterocycles.